The Bertz CT molecular complexity index is 174. The van der Waals surface area contributed by atoms with Gasteiger partial charge in [-0.15, -0.1) is 0 Å². The van der Waals surface area contributed by atoms with Crippen LogP contribution in [0.25, 0.3) is 0 Å². The second-order valence-corrected chi connectivity index (χ2v) is 3.18. The van der Waals surface area contributed by atoms with Gasteiger partial charge in [-0.25, -0.2) is 0 Å². The maximum atomic E-state index is 10.9. The van der Waals surface area contributed by atoms with Crippen LogP contribution in [0.4, 0.5) is 0 Å². The highest BCUT2D eigenvalue weighted by atomic mass is 16.1. The first-order valence-corrected chi connectivity index (χ1v) is 4.13. The minimum Gasteiger partial charge on any atom is -0.321 e. The van der Waals surface area contributed by atoms with Gasteiger partial charge in [-0.3, -0.25) is 4.79 Å². The number of carbonyl (C=O) groups excluding carboxylic acids is 1. The topological polar surface area (TPSA) is 43.1 Å². The predicted molar refractivity (Wildman–Crippen MR) is 45.1 cm³/mol. The van der Waals surface area contributed by atoms with Crippen molar-refractivity contribution in [1.82, 2.24) is 0 Å². The first kappa shape index (κ1) is 8.47. The number of carbonyl (C=O) groups is 1. The van der Waals surface area contributed by atoms with Crippen LogP contribution in [0.5, 0.6) is 0 Å². The summed E-state index contributed by atoms with van der Waals surface area (Å²) < 4.78 is 0. The Kier molecular flexibility index (Phi) is 2.83. The molecule has 0 spiro atoms. The van der Waals surface area contributed by atoms with Crippen molar-refractivity contribution in [3.05, 3.63) is 12.2 Å². The van der Waals surface area contributed by atoms with E-state index in [4.69, 9.17) is 5.73 Å². The van der Waals surface area contributed by atoms with E-state index in [9.17, 15) is 4.79 Å². The first-order chi connectivity index (χ1) is 5.22. The number of rotatable bonds is 2. The summed E-state index contributed by atoms with van der Waals surface area (Å²) in [5.74, 6) is 0.503. The average molecular weight is 153 g/mol. The molecular formula is C9H15NO. The summed E-state index contributed by atoms with van der Waals surface area (Å²) in [4.78, 5) is 10.9. The molecule has 1 unspecified atom stereocenters. The number of ketones is 1. The van der Waals surface area contributed by atoms with E-state index in [0.717, 1.165) is 19.3 Å². The molecule has 0 saturated heterocycles. The molecular weight excluding hydrogens is 138 g/mol. The van der Waals surface area contributed by atoms with Gasteiger partial charge in [0.1, 0.15) is 5.78 Å². The Morgan fingerprint density at radius 3 is 2.82 bits per heavy atom. The number of Topliss-reactive ketones (excluding diaryl/α,β-unsaturated/α-hetero) is 1. The molecule has 62 valence electrons. The van der Waals surface area contributed by atoms with E-state index in [-0.39, 0.29) is 11.8 Å². The Morgan fingerprint density at radius 1 is 1.64 bits per heavy atom. The van der Waals surface area contributed by atoms with E-state index < -0.39 is 0 Å². The van der Waals surface area contributed by atoms with Crippen molar-refractivity contribution in [3.8, 4) is 0 Å². The largest absolute Gasteiger partial charge is 0.321 e. The van der Waals surface area contributed by atoms with Crippen LogP contribution < -0.4 is 5.73 Å². The molecule has 2 N–H and O–H groups in total. The molecule has 0 aliphatic heterocycles. The fourth-order valence-corrected chi connectivity index (χ4v) is 1.48. The molecule has 0 aromatic heterocycles. The maximum Gasteiger partial charge on any atom is 0.146 e. The fourth-order valence-electron chi connectivity index (χ4n) is 1.48. The van der Waals surface area contributed by atoms with Gasteiger partial charge in [0.2, 0.25) is 0 Å². The summed E-state index contributed by atoms with van der Waals surface area (Å²) in [7, 11) is 0. The fraction of sp³-hybridized carbons (Fsp3) is 0.667. The summed E-state index contributed by atoms with van der Waals surface area (Å²) >= 11 is 0. The lowest BCUT2D eigenvalue weighted by Gasteiger charge is -2.22. The Hall–Kier alpha value is -0.630. The van der Waals surface area contributed by atoms with E-state index in [2.05, 4.69) is 12.2 Å². The zero-order valence-electron chi connectivity index (χ0n) is 6.92. The monoisotopic (exact) mass is 153 g/mol. The average Bonchev–Trinajstić information content (AvgIpc) is 2.05. The molecule has 1 rings (SSSR count). The van der Waals surface area contributed by atoms with Crippen LogP contribution in [0, 0.1) is 5.92 Å². The number of nitrogens with two attached hydrogens (primary N) is 1. The highest BCUT2D eigenvalue weighted by Crippen LogP contribution is 2.20. The molecule has 1 aliphatic carbocycles. The first-order valence-electron chi connectivity index (χ1n) is 4.13. The third kappa shape index (κ3) is 2.15. The van der Waals surface area contributed by atoms with Gasteiger partial charge in [0, 0.05) is 0 Å². The van der Waals surface area contributed by atoms with E-state index in [0.29, 0.717) is 5.92 Å². The summed E-state index contributed by atoms with van der Waals surface area (Å²) in [6, 6.07) is -0.236. The summed E-state index contributed by atoms with van der Waals surface area (Å²) in [5, 5.41) is 0. The quantitative estimate of drug-likeness (QED) is 0.607. The van der Waals surface area contributed by atoms with Gasteiger partial charge < -0.3 is 5.73 Å². The second kappa shape index (κ2) is 3.67. The van der Waals surface area contributed by atoms with Crippen LogP contribution in [0.15, 0.2) is 12.2 Å². The van der Waals surface area contributed by atoms with Crippen LogP contribution >= 0.6 is 0 Å². The van der Waals surface area contributed by atoms with Gasteiger partial charge >= 0.3 is 0 Å². The van der Waals surface area contributed by atoms with Gasteiger partial charge in [-0.05, 0) is 32.1 Å². The van der Waals surface area contributed by atoms with Crippen molar-refractivity contribution in [2.75, 3.05) is 0 Å². The number of hydrogen-bond donors (Lipinski definition) is 1. The molecule has 1 aliphatic rings. The maximum absolute atomic E-state index is 10.9. The molecule has 2 atom stereocenters. The normalized spacial score (nSPS) is 26.5. The smallest absolute Gasteiger partial charge is 0.146 e. The molecule has 2 nitrogen and oxygen atoms in total. The van der Waals surface area contributed by atoms with E-state index in [1.165, 1.54) is 0 Å². The molecule has 0 bridgehead atoms. The summed E-state index contributed by atoms with van der Waals surface area (Å²) in [6.07, 6.45) is 7.39. The van der Waals surface area contributed by atoms with Gasteiger partial charge in [0.25, 0.3) is 0 Å². The second-order valence-electron chi connectivity index (χ2n) is 3.18. The molecule has 11 heavy (non-hydrogen) atoms. The Morgan fingerprint density at radius 2 is 2.36 bits per heavy atom. The third-order valence-electron chi connectivity index (χ3n) is 2.29. The summed E-state index contributed by atoms with van der Waals surface area (Å²) in [5.41, 5.74) is 5.71. The Labute approximate surface area is 67.5 Å². The Balaban J connectivity index is 2.46. The van der Waals surface area contributed by atoms with Crippen LogP contribution in [-0.4, -0.2) is 11.8 Å². The highest BCUT2D eigenvalue weighted by Gasteiger charge is 2.21. The molecule has 2 heteroatoms. The van der Waals surface area contributed by atoms with Crippen LogP contribution in [0.2, 0.25) is 0 Å². The SMILES string of the molecule is CC(=O)[C@@H](N)C1CC=CCC1. The summed E-state index contributed by atoms with van der Waals surface area (Å²) in [6.45, 7) is 1.57. The molecule has 0 heterocycles. The van der Waals surface area contributed by atoms with Gasteiger partial charge in [-0.2, -0.15) is 0 Å². The molecule has 0 aromatic rings. The third-order valence-corrected chi connectivity index (χ3v) is 2.29. The van der Waals surface area contributed by atoms with Gasteiger partial charge in [0.05, 0.1) is 6.04 Å². The zero-order valence-corrected chi connectivity index (χ0v) is 6.92. The van der Waals surface area contributed by atoms with E-state index in [1.807, 2.05) is 0 Å². The van der Waals surface area contributed by atoms with Crippen LogP contribution in [0.3, 0.4) is 0 Å². The predicted octanol–water partition coefficient (Wildman–Crippen LogP) is 1.26. The highest BCUT2D eigenvalue weighted by molar-refractivity contribution is 5.81. The van der Waals surface area contributed by atoms with E-state index in [1.54, 1.807) is 6.92 Å². The minimum absolute atomic E-state index is 0.116. The lowest BCUT2D eigenvalue weighted by molar-refractivity contribution is -0.119. The molecule has 0 fully saturated rings. The van der Waals surface area contributed by atoms with Crippen molar-refractivity contribution >= 4 is 5.78 Å². The lowest BCUT2D eigenvalue weighted by Crippen LogP contribution is -2.36. The van der Waals surface area contributed by atoms with Crippen molar-refractivity contribution in [2.24, 2.45) is 11.7 Å². The van der Waals surface area contributed by atoms with Gasteiger partial charge in [-0.1, -0.05) is 12.2 Å². The standard InChI is InChI=1S/C9H15NO/c1-7(11)9(10)8-5-3-2-4-6-8/h2-3,8-9H,4-6,10H2,1H3/t8?,9-/m1/s1. The minimum atomic E-state index is -0.236. The van der Waals surface area contributed by atoms with Crippen molar-refractivity contribution in [2.45, 2.75) is 32.2 Å². The molecule has 0 aromatic carbocycles. The number of hydrogen-bond acceptors (Lipinski definition) is 2. The molecule has 0 saturated carbocycles. The van der Waals surface area contributed by atoms with Gasteiger partial charge in [0.15, 0.2) is 0 Å². The number of allylic oxidation sites excluding steroid dienone is 2. The van der Waals surface area contributed by atoms with Crippen molar-refractivity contribution in [1.29, 1.82) is 0 Å². The van der Waals surface area contributed by atoms with Crippen molar-refractivity contribution < 1.29 is 4.79 Å². The van der Waals surface area contributed by atoms with Crippen LogP contribution in [-0.2, 0) is 4.79 Å². The van der Waals surface area contributed by atoms with E-state index >= 15 is 0 Å². The lowest BCUT2D eigenvalue weighted by atomic mass is 9.86. The zero-order chi connectivity index (χ0) is 8.27. The van der Waals surface area contributed by atoms with Crippen molar-refractivity contribution in [3.63, 3.8) is 0 Å². The molecule has 0 radical (unpaired) electrons. The van der Waals surface area contributed by atoms with Crippen LogP contribution in [0.1, 0.15) is 26.2 Å². The molecule has 0 amide bonds.